The average Bonchev–Trinajstić information content (AvgIpc) is 2.82. The first kappa shape index (κ1) is 16.0. The molecule has 21 heavy (non-hydrogen) atoms. The Morgan fingerprint density at radius 2 is 2.14 bits per heavy atom. The van der Waals surface area contributed by atoms with Gasteiger partial charge in [-0.1, -0.05) is 13.8 Å². The average molecular weight is 315 g/mol. The molecule has 0 saturated carbocycles. The minimum absolute atomic E-state index is 0.000242. The Hall–Kier alpha value is -1.41. The molecule has 1 atom stereocenters. The number of aromatic nitrogens is 2. The summed E-state index contributed by atoms with van der Waals surface area (Å²) in [6.07, 6.45) is 2.57. The molecule has 2 rings (SSSR count). The zero-order valence-corrected chi connectivity index (χ0v) is 13.3. The maximum absolute atomic E-state index is 12.6. The second-order valence-electron chi connectivity index (χ2n) is 5.74. The fourth-order valence-electron chi connectivity index (χ4n) is 2.61. The largest absolute Gasteiger partial charge is 0.481 e. The molecule has 1 aliphatic rings. The van der Waals surface area contributed by atoms with Crippen LogP contribution in [-0.2, 0) is 21.9 Å². The van der Waals surface area contributed by atoms with Crippen LogP contribution >= 0.6 is 0 Å². The van der Waals surface area contributed by atoms with Crippen molar-refractivity contribution in [2.45, 2.75) is 37.6 Å². The number of aryl methyl sites for hydroxylation is 1. The summed E-state index contributed by atoms with van der Waals surface area (Å²) in [7, 11) is -1.96. The van der Waals surface area contributed by atoms with Crippen LogP contribution in [0, 0.1) is 5.92 Å². The van der Waals surface area contributed by atoms with E-state index in [1.807, 2.05) is 13.8 Å². The van der Waals surface area contributed by atoms with Crippen molar-refractivity contribution in [1.29, 1.82) is 0 Å². The van der Waals surface area contributed by atoms with E-state index in [2.05, 4.69) is 4.98 Å². The number of nitrogens with zero attached hydrogens (tertiary/aromatic N) is 3. The second-order valence-corrected chi connectivity index (χ2v) is 7.63. The molecule has 1 saturated heterocycles. The minimum Gasteiger partial charge on any atom is -0.481 e. The normalized spacial score (nSPS) is 20.9. The van der Waals surface area contributed by atoms with Gasteiger partial charge < -0.3 is 9.67 Å². The fourth-order valence-corrected chi connectivity index (χ4v) is 4.12. The summed E-state index contributed by atoms with van der Waals surface area (Å²) in [6, 6.07) is 0. The van der Waals surface area contributed by atoms with Crippen LogP contribution < -0.4 is 0 Å². The van der Waals surface area contributed by atoms with Crippen LogP contribution in [0.2, 0.25) is 0 Å². The predicted molar refractivity (Wildman–Crippen MR) is 76.4 cm³/mol. The van der Waals surface area contributed by atoms with E-state index in [1.165, 1.54) is 10.5 Å². The number of piperidine rings is 1. The molecule has 1 aromatic heterocycles. The molecule has 1 N–H and O–H groups in total. The van der Waals surface area contributed by atoms with Gasteiger partial charge in [0.25, 0.3) is 10.0 Å². The zero-order valence-electron chi connectivity index (χ0n) is 12.5. The summed E-state index contributed by atoms with van der Waals surface area (Å²) in [5, 5.41) is 9.07. The highest BCUT2D eigenvalue weighted by Gasteiger charge is 2.34. The predicted octanol–water partition coefficient (Wildman–Crippen LogP) is 1.03. The van der Waals surface area contributed by atoms with Gasteiger partial charge in [-0.3, -0.25) is 4.79 Å². The van der Waals surface area contributed by atoms with E-state index >= 15 is 0 Å². The van der Waals surface area contributed by atoms with Crippen LogP contribution in [0.3, 0.4) is 0 Å². The summed E-state index contributed by atoms with van der Waals surface area (Å²) in [5.41, 5.74) is 0. The van der Waals surface area contributed by atoms with Crippen molar-refractivity contribution in [2.24, 2.45) is 13.0 Å². The third kappa shape index (κ3) is 3.11. The summed E-state index contributed by atoms with van der Waals surface area (Å²) in [4.78, 5) is 15.3. The van der Waals surface area contributed by atoms with Crippen molar-refractivity contribution >= 4 is 16.0 Å². The quantitative estimate of drug-likeness (QED) is 0.896. The molecule has 1 aromatic rings. The highest BCUT2D eigenvalue weighted by atomic mass is 32.2. The molecule has 0 aromatic carbocycles. The van der Waals surface area contributed by atoms with Crippen LogP contribution in [0.1, 0.15) is 38.4 Å². The lowest BCUT2D eigenvalue weighted by atomic mass is 10.0. The van der Waals surface area contributed by atoms with E-state index < -0.39 is 21.9 Å². The van der Waals surface area contributed by atoms with Crippen molar-refractivity contribution in [3.05, 3.63) is 12.0 Å². The number of carboxylic acid groups (broad SMARTS) is 1. The second kappa shape index (κ2) is 5.76. The van der Waals surface area contributed by atoms with Gasteiger partial charge in [0.15, 0.2) is 5.03 Å². The van der Waals surface area contributed by atoms with Gasteiger partial charge in [-0.2, -0.15) is 4.31 Å². The number of aliphatic carboxylic acids is 1. The smallest absolute Gasteiger partial charge is 0.307 e. The van der Waals surface area contributed by atoms with Crippen LogP contribution in [0.15, 0.2) is 11.2 Å². The number of hydrogen-bond acceptors (Lipinski definition) is 4. The van der Waals surface area contributed by atoms with Crippen molar-refractivity contribution in [1.82, 2.24) is 13.9 Å². The molecule has 2 heterocycles. The van der Waals surface area contributed by atoms with E-state index in [0.717, 1.165) is 0 Å². The molecule has 0 radical (unpaired) electrons. The topological polar surface area (TPSA) is 92.5 Å². The first-order valence-corrected chi connectivity index (χ1v) is 8.43. The lowest BCUT2D eigenvalue weighted by Crippen LogP contribution is -2.42. The molecule has 0 spiro atoms. The number of imidazole rings is 1. The van der Waals surface area contributed by atoms with Gasteiger partial charge >= 0.3 is 5.97 Å². The molecule has 0 aliphatic carbocycles. The van der Waals surface area contributed by atoms with E-state index in [-0.39, 0.29) is 17.5 Å². The fraction of sp³-hybridized carbons (Fsp3) is 0.692. The molecule has 1 unspecified atom stereocenters. The summed E-state index contributed by atoms with van der Waals surface area (Å²) in [6.45, 7) is 4.26. The Kier molecular flexibility index (Phi) is 4.38. The Labute approximate surface area is 124 Å². The highest BCUT2D eigenvalue weighted by molar-refractivity contribution is 7.89. The van der Waals surface area contributed by atoms with Crippen LogP contribution in [0.5, 0.6) is 0 Å². The van der Waals surface area contributed by atoms with Gasteiger partial charge in [0, 0.05) is 32.3 Å². The van der Waals surface area contributed by atoms with Gasteiger partial charge in [0.05, 0.1) is 5.92 Å². The maximum atomic E-state index is 12.6. The zero-order chi connectivity index (χ0) is 15.8. The van der Waals surface area contributed by atoms with E-state index in [4.69, 9.17) is 5.11 Å². The van der Waals surface area contributed by atoms with E-state index in [1.54, 1.807) is 11.6 Å². The van der Waals surface area contributed by atoms with Gasteiger partial charge in [0.2, 0.25) is 0 Å². The third-order valence-electron chi connectivity index (χ3n) is 3.74. The molecule has 0 amide bonds. The minimum atomic E-state index is -3.73. The van der Waals surface area contributed by atoms with Crippen molar-refractivity contribution < 1.29 is 18.3 Å². The third-order valence-corrected chi connectivity index (χ3v) is 5.48. The van der Waals surface area contributed by atoms with Crippen molar-refractivity contribution in [2.75, 3.05) is 13.1 Å². The molecular formula is C13H21N3O4S. The summed E-state index contributed by atoms with van der Waals surface area (Å²) < 4.78 is 28.1. The molecule has 1 aliphatic heterocycles. The Morgan fingerprint density at radius 3 is 2.67 bits per heavy atom. The Morgan fingerprint density at radius 1 is 1.48 bits per heavy atom. The number of carboxylic acids is 1. The molecule has 7 nitrogen and oxygen atoms in total. The molecule has 8 heteroatoms. The molecule has 1 fully saturated rings. The summed E-state index contributed by atoms with van der Waals surface area (Å²) >= 11 is 0. The molecule has 118 valence electrons. The SMILES string of the molecule is CC(C)c1nc(S(=O)(=O)N2CCCC(C(=O)O)C2)cn1C. The number of sulfonamides is 1. The number of carbonyl (C=O) groups is 1. The molecular weight excluding hydrogens is 294 g/mol. The van der Waals surface area contributed by atoms with Gasteiger partial charge in [-0.25, -0.2) is 13.4 Å². The van der Waals surface area contributed by atoms with Crippen molar-refractivity contribution in [3.8, 4) is 0 Å². The van der Waals surface area contributed by atoms with E-state index in [9.17, 15) is 13.2 Å². The monoisotopic (exact) mass is 315 g/mol. The lowest BCUT2D eigenvalue weighted by molar-refractivity contribution is -0.142. The van der Waals surface area contributed by atoms with Crippen LogP contribution in [-0.4, -0.2) is 46.4 Å². The maximum Gasteiger partial charge on any atom is 0.307 e. The Bertz CT molecular complexity index is 636. The number of rotatable bonds is 4. The first-order valence-electron chi connectivity index (χ1n) is 6.99. The molecule has 0 bridgehead atoms. The summed E-state index contributed by atoms with van der Waals surface area (Å²) in [5.74, 6) is -0.770. The van der Waals surface area contributed by atoms with E-state index in [0.29, 0.717) is 25.2 Å². The lowest BCUT2D eigenvalue weighted by Gasteiger charge is -2.29. The van der Waals surface area contributed by atoms with Crippen molar-refractivity contribution in [3.63, 3.8) is 0 Å². The van der Waals surface area contributed by atoms with Crippen LogP contribution in [0.4, 0.5) is 0 Å². The first-order chi connectivity index (χ1) is 9.73. The Balaban J connectivity index is 2.29. The highest BCUT2D eigenvalue weighted by Crippen LogP contribution is 2.24. The van der Waals surface area contributed by atoms with Gasteiger partial charge in [0.1, 0.15) is 5.82 Å². The van der Waals surface area contributed by atoms with Crippen LogP contribution in [0.25, 0.3) is 0 Å². The standard InChI is InChI=1S/C13H21N3O4S/c1-9(2)12-14-11(8-15(12)3)21(19,20)16-6-4-5-10(7-16)13(17)18/h8-10H,4-7H2,1-3H3,(H,17,18). The van der Waals surface area contributed by atoms with Gasteiger partial charge in [-0.05, 0) is 12.8 Å². The van der Waals surface area contributed by atoms with Gasteiger partial charge in [-0.15, -0.1) is 0 Å². The number of hydrogen-bond donors (Lipinski definition) is 1.